The molecule has 1 aromatic heterocycles. The van der Waals surface area contributed by atoms with Gasteiger partial charge in [0.2, 0.25) is 5.79 Å². The topological polar surface area (TPSA) is 36.3 Å². The third-order valence-corrected chi connectivity index (χ3v) is 5.13. The smallest absolute Gasteiger partial charge is 0.215 e. The van der Waals surface area contributed by atoms with E-state index in [0.717, 1.165) is 15.6 Å². The maximum atomic E-state index is 6.46. The monoisotopic (exact) mass is 418 g/mol. The Morgan fingerprint density at radius 1 is 1.20 bits per heavy atom. The molecular weight excluding hydrogens is 404 g/mol. The van der Waals surface area contributed by atoms with Gasteiger partial charge >= 0.3 is 0 Å². The molecule has 2 atom stereocenters. The van der Waals surface area contributed by atoms with Crippen LogP contribution in [-0.2, 0) is 21.8 Å². The quantitative estimate of drug-likeness (QED) is 0.601. The van der Waals surface area contributed by atoms with E-state index < -0.39 is 5.79 Å². The van der Waals surface area contributed by atoms with E-state index in [1.165, 1.54) is 0 Å². The molecule has 4 rings (SSSR count). The van der Waals surface area contributed by atoms with Crippen molar-refractivity contribution in [1.29, 1.82) is 0 Å². The Kier molecular flexibility index (Phi) is 4.65. The highest BCUT2D eigenvalue weighted by atomic mass is 79.9. The summed E-state index contributed by atoms with van der Waals surface area (Å²) in [6.07, 6.45) is 5.21. The van der Waals surface area contributed by atoms with E-state index in [1.54, 1.807) is 12.5 Å². The number of hydrogen-bond acceptors (Lipinski definition) is 3. The van der Waals surface area contributed by atoms with Gasteiger partial charge in [-0.1, -0.05) is 57.9 Å². The minimum Gasteiger partial charge on any atom is -0.341 e. The molecule has 1 fully saturated rings. The molecule has 4 nitrogen and oxygen atoms in total. The Morgan fingerprint density at radius 3 is 2.72 bits per heavy atom. The first kappa shape index (κ1) is 16.8. The minimum absolute atomic E-state index is 0.159. The zero-order valence-electron chi connectivity index (χ0n) is 13.3. The van der Waals surface area contributed by atoms with Gasteiger partial charge in [-0.25, -0.2) is 4.98 Å². The first-order chi connectivity index (χ1) is 12.2. The lowest BCUT2D eigenvalue weighted by molar-refractivity contribution is -0.187. The summed E-state index contributed by atoms with van der Waals surface area (Å²) in [5.74, 6) is -0.948. The summed E-state index contributed by atoms with van der Waals surface area (Å²) in [6.45, 7) is 0.936. The molecule has 0 amide bonds. The van der Waals surface area contributed by atoms with Gasteiger partial charge in [0, 0.05) is 27.5 Å². The Bertz CT molecular complexity index is 854. The second-order valence-corrected chi connectivity index (χ2v) is 7.26. The molecular formula is C19H16BrClN2O2. The zero-order valence-corrected chi connectivity index (χ0v) is 15.7. The van der Waals surface area contributed by atoms with E-state index in [2.05, 4.69) is 20.9 Å². The number of hydrogen-bond donors (Lipinski definition) is 0. The number of imidazole rings is 1. The summed E-state index contributed by atoms with van der Waals surface area (Å²) in [5, 5.41) is 0.624. The fourth-order valence-electron chi connectivity index (χ4n) is 3.05. The van der Waals surface area contributed by atoms with Crippen molar-refractivity contribution < 1.29 is 9.47 Å². The highest BCUT2D eigenvalue weighted by molar-refractivity contribution is 9.10. The molecule has 0 radical (unpaired) electrons. The molecule has 0 N–H and O–H groups in total. The van der Waals surface area contributed by atoms with Crippen LogP contribution in [0.5, 0.6) is 0 Å². The lowest BCUT2D eigenvalue weighted by Gasteiger charge is -2.29. The van der Waals surface area contributed by atoms with Crippen LogP contribution in [0.3, 0.4) is 0 Å². The van der Waals surface area contributed by atoms with Crippen LogP contribution in [0.15, 0.2) is 71.7 Å². The second-order valence-electron chi connectivity index (χ2n) is 5.94. The standard InChI is InChI=1S/C19H16BrClN2O2/c20-15-7-5-14(6-8-15)18-11-24-19(25-18,12-23-10-9-22-13-23)16-3-1-2-4-17(16)21/h1-10,13,18H,11-12H2. The van der Waals surface area contributed by atoms with Gasteiger partial charge in [-0.2, -0.15) is 0 Å². The van der Waals surface area contributed by atoms with E-state index in [9.17, 15) is 0 Å². The van der Waals surface area contributed by atoms with Crippen molar-refractivity contribution in [3.63, 3.8) is 0 Å². The summed E-state index contributed by atoms with van der Waals surface area (Å²) in [5.41, 5.74) is 1.90. The Labute approximate surface area is 159 Å². The van der Waals surface area contributed by atoms with Gasteiger partial charge < -0.3 is 14.0 Å². The molecule has 0 spiro atoms. The molecule has 25 heavy (non-hydrogen) atoms. The van der Waals surface area contributed by atoms with E-state index in [1.807, 2.05) is 59.3 Å². The second kappa shape index (κ2) is 6.92. The zero-order chi connectivity index (χ0) is 17.3. The molecule has 0 bridgehead atoms. The molecule has 2 aromatic carbocycles. The van der Waals surface area contributed by atoms with Gasteiger partial charge in [0.05, 0.1) is 19.5 Å². The van der Waals surface area contributed by atoms with Crippen LogP contribution in [0.25, 0.3) is 0 Å². The third-order valence-electron chi connectivity index (χ3n) is 4.28. The van der Waals surface area contributed by atoms with Crippen molar-refractivity contribution in [3.8, 4) is 0 Å². The predicted molar refractivity (Wildman–Crippen MR) is 99.3 cm³/mol. The number of nitrogens with zero attached hydrogens (tertiary/aromatic N) is 2. The van der Waals surface area contributed by atoms with Crippen LogP contribution >= 0.6 is 27.5 Å². The van der Waals surface area contributed by atoms with Gasteiger partial charge in [0.25, 0.3) is 0 Å². The lowest BCUT2D eigenvalue weighted by atomic mass is 10.1. The minimum atomic E-state index is -0.948. The summed E-state index contributed by atoms with van der Waals surface area (Å²) in [6, 6.07) is 15.7. The van der Waals surface area contributed by atoms with Crippen LogP contribution < -0.4 is 0 Å². The van der Waals surface area contributed by atoms with Crippen molar-refractivity contribution in [1.82, 2.24) is 9.55 Å². The van der Waals surface area contributed by atoms with Crippen LogP contribution in [0, 0.1) is 0 Å². The first-order valence-corrected chi connectivity index (χ1v) is 9.11. The van der Waals surface area contributed by atoms with Crippen LogP contribution in [0.2, 0.25) is 5.02 Å². The van der Waals surface area contributed by atoms with E-state index in [4.69, 9.17) is 21.1 Å². The van der Waals surface area contributed by atoms with Crippen molar-refractivity contribution in [2.75, 3.05) is 6.61 Å². The Balaban J connectivity index is 1.70. The van der Waals surface area contributed by atoms with Crippen molar-refractivity contribution in [2.45, 2.75) is 18.4 Å². The largest absolute Gasteiger partial charge is 0.341 e. The van der Waals surface area contributed by atoms with E-state index in [0.29, 0.717) is 18.2 Å². The number of ether oxygens (including phenoxy) is 2. The van der Waals surface area contributed by atoms with Gasteiger partial charge in [-0.05, 0) is 23.8 Å². The van der Waals surface area contributed by atoms with Gasteiger partial charge in [-0.3, -0.25) is 0 Å². The molecule has 1 aliphatic heterocycles. The van der Waals surface area contributed by atoms with Gasteiger partial charge in [-0.15, -0.1) is 0 Å². The third kappa shape index (κ3) is 3.37. The molecule has 2 heterocycles. The average molecular weight is 420 g/mol. The number of benzene rings is 2. The SMILES string of the molecule is Clc1ccccc1C1(Cn2ccnc2)OCC(c2ccc(Br)cc2)O1. The highest BCUT2D eigenvalue weighted by Gasteiger charge is 2.45. The summed E-state index contributed by atoms with van der Waals surface area (Å²) in [7, 11) is 0. The average Bonchev–Trinajstić information content (AvgIpc) is 3.27. The van der Waals surface area contributed by atoms with E-state index >= 15 is 0 Å². The molecule has 3 aromatic rings. The molecule has 6 heteroatoms. The number of rotatable bonds is 4. The van der Waals surface area contributed by atoms with Gasteiger partial charge in [0.15, 0.2) is 0 Å². The summed E-state index contributed by atoms with van der Waals surface area (Å²) in [4.78, 5) is 4.11. The molecule has 0 saturated carbocycles. The molecule has 0 aliphatic carbocycles. The number of aromatic nitrogens is 2. The molecule has 128 valence electrons. The van der Waals surface area contributed by atoms with Crippen molar-refractivity contribution in [2.24, 2.45) is 0 Å². The molecule has 1 aliphatic rings. The lowest BCUT2D eigenvalue weighted by Crippen LogP contribution is -2.33. The highest BCUT2D eigenvalue weighted by Crippen LogP contribution is 2.44. The maximum absolute atomic E-state index is 6.46. The normalized spacial score (nSPS) is 23.0. The Hall–Kier alpha value is -1.66. The van der Waals surface area contributed by atoms with Crippen molar-refractivity contribution >= 4 is 27.5 Å². The summed E-state index contributed by atoms with van der Waals surface area (Å²) >= 11 is 9.92. The fraction of sp³-hybridized carbons (Fsp3) is 0.211. The number of halogens is 2. The molecule has 1 saturated heterocycles. The van der Waals surface area contributed by atoms with Crippen LogP contribution in [0.4, 0.5) is 0 Å². The Morgan fingerprint density at radius 2 is 2.00 bits per heavy atom. The van der Waals surface area contributed by atoms with Crippen LogP contribution in [-0.4, -0.2) is 16.2 Å². The van der Waals surface area contributed by atoms with Gasteiger partial charge in [0.1, 0.15) is 6.10 Å². The summed E-state index contributed by atoms with van der Waals surface area (Å²) < 4.78 is 15.6. The van der Waals surface area contributed by atoms with Crippen molar-refractivity contribution in [3.05, 3.63) is 87.9 Å². The van der Waals surface area contributed by atoms with E-state index in [-0.39, 0.29) is 6.10 Å². The fourth-order valence-corrected chi connectivity index (χ4v) is 3.59. The first-order valence-electron chi connectivity index (χ1n) is 7.94. The predicted octanol–water partition coefficient (Wildman–Crippen LogP) is 4.94. The van der Waals surface area contributed by atoms with Crippen LogP contribution in [0.1, 0.15) is 17.2 Å². The molecule has 2 unspecified atom stereocenters. The maximum Gasteiger partial charge on any atom is 0.215 e.